The van der Waals surface area contributed by atoms with E-state index >= 15 is 0 Å². The van der Waals surface area contributed by atoms with E-state index in [4.69, 9.17) is 4.99 Å². The normalized spacial score (nSPS) is 20.9. The molecule has 12 rings (SSSR count). The number of rotatable bonds is 6. The summed E-state index contributed by atoms with van der Waals surface area (Å²) in [6.07, 6.45) is 25.4. The van der Waals surface area contributed by atoms with Crippen LogP contribution in [0.1, 0.15) is 85.4 Å². The molecular weight excluding hydrogens is 759 g/mol. The number of nitrogens with zero attached hydrogens (tertiary/aromatic N) is 1. The number of benzene rings is 7. The van der Waals surface area contributed by atoms with Crippen molar-refractivity contribution in [1.82, 2.24) is 0 Å². The molecule has 0 aromatic heterocycles. The molecule has 0 radical (unpaired) electrons. The molecule has 1 spiro atoms. The first-order chi connectivity index (χ1) is 31.0. The SMILES string of the molecule is C/C=C\C1=C(C)c2ccc(-c3ccc(C4(C)C=CC(c5c6ccccc6c(-c6ccc(C7=CCCC=C7)cc6)c6ccccc56)=N4)cc3)cc2C12C1=CCCC=C1c1ccccc12. The zero-order valence-electron chi connectivity index (χ0n) is 36.3. The second-order valence-electron chi connectivity index (χ2n) is 18.0. The standard InChI is InChI=1S/C62H49N/c1-4-16-54-40(2)47-36-33-45(39-57(47)62(54)55-25-14-12-19-48(55)49-20-13-15-26-56(49)62)43-31-34-46(35-32-43)61(3)38-37-58(63-61)60-52-23-10-8-21-50(52)59(51-22-9-11-24-53(51)60)44-29-27-42(28-30-44)41-17-6-5-7-18-41/h4,6,8-12,14,16-39H,5,7,13,15H2,1-3H3/b16-4-. The molecule has 0 amide bonds. The van der Waals surface area contributed by atoms with E-state index in [0.717, 1.165) is 31.4 Å². The van der Waals surface area contributed by atoms with Crippen molar-refractivity contribution < 1.29 is 0 Å². The first-order valence-corrected chi connectivity index (χ1v) is 22.8. The van der Waals surface area contributed by atoms with E-state index in [0.29, 0.717) is 0 Å². The molecule has 0 saturated carbocycles. The van der Waals surface area contributed by atoms with Crippen LogP contribution in [0.5, 0.6) is 0 Å². The molecule has 0 saturated heterocycles. The summed E-state index contributed by atoms with van der Waals surface area (Å²) in [6.45, 7) is 6.72. The van der Waals surface area contributed by atoms with E-state index in [1.807, 2.05) is 0 Å². The van der Waals surface area contributed by atoms with Gasteiger partial charge < -0.3 is 0 Å². The Morgan fingerprint density at radius 3 is 1.90 bits per heavy atom. The van der Waals surface area contributed by atoms with Crippen LogP contribution >= 0.6 is 0 Å². The summed E-state index contributed by atoms with van der Waals surface area (Å²) >= 11 is 0. The van der Waals surface area contributed by atoms with Gasteiger partial charge in [-0.05, 0) is 164 Å². The molecule has 0 bridgehead atoms. The zero-order valence-corrected chi connectivity index (χ0v) is 36.3. The molecular formula is C62H49N. The van der Waals surface area contributed by atoms with Crippen LogP contribution in [-0.2, 0) is 11.0 Å². The lowest BCUT2D eigenvalue weighted by molar-refractivity contribution is 0.646. The Morgan fingerprint density at radius 2 is 1.19 bits per heavy atom. The van der Waals surface area contributed by atoms with Crippen LogP contribution < -0.4 is 0 Å². The van der Waals surface area contributed by atoms with Gasteiger partial charge in [-0.1, -0.05) is 182 Å². The minimum Gasteiger partial charge on any atom is -0.269 e. The second kappa shape index (κ2) is 14.5. The molecule has 1 heteroatoms. The molecule has 2 atom stereocenters. The molecule has 0 fully saturated rings. The van der Waals surface area contributed by atoms with Crippen LogP contribution in [0.2, 0.25) is 0 Å². The predicted octanol–water partition coefficient (Wildman–Crippen LogP) is 16.1. The van der Waals surface area contributed by atoms with Gasteiger partial charge in [0, 0.05) is 5.56 Å². The first kappa shape index (κ1) is 37.7. The highest BCUT2D eigenvalue weighted by atomic mass is 14.9. The highest BCUT2D eigenvalue weighted by Gasteiger charge is 2.53. The third-order valence-corrected chi connectivity index (χ3v) is 14.6. The maximum absolute atomic E-state index is 5.59. The maximum atomic E-state index is 5.59. The van der Waals surface area contributed by atoms with Gasteiger partial charge in [0.1, 0.15) is 5.54 Å². The van der Waals surface area contributed by atoms with E-state index in [9.17, 15) is 0 Å². The van der Waals surface area contributed by atoms with Crippen molar-refractivity contribution in [3.8, 4) is 22.3 Å². The number of fused-ring (bicyclic) bond motifs is 9. The summed E-state index contributed by atoms with van der Waals surface area (Å²) in [7, 11) is 0. The summed E-state index contributed by atoms with van der Waals surface area (Å²) in [4.78, 5) is 5.59. The predicted molar refractivity (Wildman–Crippen MR) is 268 cm³/mol. The van der Waals surface area contributed by atoms with Gasteiger partial charge in [-0.25, -0.2) is 0 Å². The Kier molecular flexibility index (Phi) is 8.67. The van der Waals surface area contributed by atoms with Crippen molar-refractivity contribution >= 4 is 44.0 Å². The molecule has 5 aliphatic rings. The van der Waals surface area contributed by atoms with Crippen LogP contribution in [0.3, 0.4) is 0 Å². The van der Waals surface area contributed by atoms with Crippen LogP contribution in [0.4, 0.5) is 0 Å². The zero-order chi connectivity index (χ0) is 42.3. The third-order valence-electron chi connectivity index (χ3n) is 14.6. The van der Waals surface area contributed by atoms with Crippen molar-refractivity contribution in [2.45, 2.75) is 57.4 Å². The Hall–Kier alpha value is -7.09. The van der Waals surface area contributed by atoms with Crippen molar-refractivity contribution in [3.05, 3.63) is 244 Å². The first-order valence-electron chi connectivity index (χ1n) is 22.8. The number of hydrogen-bond acceptors (Lipinski definition) is 1. The summed E-state index contributed by atoms with van der Waals surface area (Å²) in [6, 6.07) is 52.5. The van der Waals surface area contributed by atoms with E-state index in [1.54, 1.807) is 0 Å². The lowest BCUT2D eigenvalue weighted by Crippen LogP contribution is -2.27. The Balaban J connectivity index is 0.918. The van der Waals surface area contributed by atoms with Crippen LogP contribution in [0.15, 0.2) is 210 Å². The molecule has 7 aromatic rings. The Labute approximate surface area is 371 Å². The molecule has 63 heavy (non-hydrogen) atoms. The second-order valence-corrected chi connectivity index (χ2v) is 18.0. The fourth-order valence-electron chi connectivity index (χ4n) is 11.6. The van der Waals surface area contributed by atoms with Gasteiger partial charge in [0.15, 0.2) is 0 Å². The molecule has 302 valence electrons. The molecule has 1 nitrogen and oxygen atoms in total. The van der Waals surface area contributed by atoms with Crippen molar-refractivity contribution in [2.75, 3.05) is 0 Å². The third kappa shape index (κ3) is 5.58. The number of hydrogen-bond donors (Lipinski definition) is 0. The fraction of sp³-hybridized carbons (Fsp3) is 0.145. The highest BCUT2D eigenvalue weighted by molar-refractivity contribution is 6.29. The quantitative estimate of drug-likeness (QED) is 0.148. The van der Waals surface area contributed by atoms with Gasteiger partial charge in [-0.15, -0.1) is 0 Å². The van der Waals surface area contributed by atoms with E-state index < -0.39 is 5.54 Å². The van der Waals surface area contributed by atoms with Gasteiger partial charge in [-0.3, -0.25) is 4.99 Å². The number of allylic oxidation sites excluding steroid dienone is 13. The minimum atomic E-state index is -0.499. The lowest BCUT2D eigenvalue weighted by atomic mass is 9.68. The summed E-state index contributed by atoms with van der Waals surface area (Å²) < 4.78 is 0. The smallest absolute Gasteiger partial charge is 0.102 e. The van der Waals surface area contributed by atoms with Crippen molar-refractivity contribution in [3.63, 3.8) is 0 Å². The summed E-state index contributed by atoms with van der Waals surface area (Å²) in [5.74, 6) is 0. The van der Waals surface area contributed by atoms with Gasteiger partial charge in [0.25, 0.3) is 0 Å². The van der Waals surface area contributed by atoms with Gasteiger partial charge in [0.05, 0.1) is 11.1 Å². The monoisotopic (exact) mass is 807 g/mol. The minimum absolute atomic E-state index is 0.306. The van der Waals surface area contributed by atoms with Crippen LogP contribution in [0, 0.1) is 0 Å². The fourth-order valence-corrected chi connectivity index (χ4v) is 11.6. The van der Waals surface area contributed by atoms with Crippen molar-refractivity contribution in [1.29, 1.82) is 0 Å². The molecule has 1 heterocycles. The molecule has 1 aliphatic heterocycles. The van der Waals surface area contributed by atoms with Gasteiger partial charge in [-0.2, -0.15) is 0 Å². The lowest BCUT2D eigenvalue weighted by Gasteiger charge is -2.33. The summed E-state index contributed by atoms with van der Waals surface area (Å²) in [5.41, 5.74) is 21.3. The molecule has 2 unspecified atom stereocenters. The van der Waals surface area contributed by atoms with E-state index in [-0.39, 0.29) is 5.41 Å². The number of aliphatic imine (C=N–C) groups is 1. The summed E-state index contributed by atoms with van der Waals surface area (Å²) in [5, 5.41) is 4.95. The average molecular weight is 808 g/mol. The highest BCUT2D eigenvalue weighted by Crippen LogP contribution is 2.64. The van der Waals surface area contributed by atoms with E-state index in [1.165, 1.54) is 111 Å². The Morgan fingerprint density at radius 1 is 0.556 bits per heavy atom. The van der Waals surface area contributed by atoms with Gasteiger partial charge in [0.2, 0.25) is 0 Å². The van der Waals surface area contributed by atoms with Crippen LogP contribution in [0.25, 0.3) is 60.5 Å². The van der Waals surface area contributed by atoms with E-state index in [2.05, 4.69) is 215 Å². The Bertz CT molecular complexity index is 3280. The molecule has 0 N–H and O–H groups in total. The largest absolute Gasteiger partial charge is 0.269 e. The van der Waals surface area contributed by atoms with Crippen LogP contribution in [-0.4, -0.2) is 5.71 Å². The van der Waals surface area contributed by atoms with Crippen molar-refractivity contribution in [2.24, 2.45) is 4.99 Å². The maximum Gasteiger partial charge on any atom is 0.102 e. The molecule has 7 aromatic carbocycles. The topological polar surface area (TPSA) is 12.4 Å². The van der Waals surface area contributed by atoms with Gasteiger partial charge >= 0.3 is 0 Å². The molecule has 4 aliphatic carbocycles. The average Bonchev–Trinajstić information content (AvgIpc) is 3.96.